The van der Waals surface area contributed by atoms with E-state index in [1.54, 1.807) is 27.7 Å². The summed E-state index contributed by atoms with van der Waals surface area (Å²) in [5.41, 5.74) is 4.97. The van der Waals surface area contributed by atoms with Gasteiger partial charge in [-0.3, -0.25) is 4.79 Å². The van der Waals surface area contributed by atoms with Gasteiger partial charge in [0, 0.05) is 0 Å². The zero-order chi connectivity index (χ0) is 14.5. The van der Waals surface area contributed by atoms with Crippen LogP contribution in [-0.4, -0.2) is 35.1 Å². The van der Waals surface area contributed by atoms with Crippen LogP contribution in [0.1, 0.15) is 27.7 Å². The lowest BCUT2D eigenvalue weighted by atomic mass is 10.0. The van der Waals surface area contributed by atoms with E-state index >= 15 is 0 Å². The number of hydrogen-bond donors (Lipinski definition) is 4. The van der Waals surface area contributed by atoms with E-state index in [0.29, 0.717) is 0 Å². The minimum Gasteiger partial charge on any atom is -0.480 e. The number of rotatable bonds is 6. The van der Waals surface area contributed by atoms with Crippen LogP contribution in [0.4, 0.5) is 4.79 Å². The molecule has 0 spiro atoms. The summed E-state index contributed by atoms with van der Waals surface area (Å²) in [4.78, 5) is 33.6. The van der Waals surface area contributed by atoms with Crippen molar-refractivity contribution in [2.24, 2.45) is 17.6 Å². The van der Waals surface area contributed by atoms with Crippen molar-refractivity contribution in [1.82, 2.24) is 10.6 Å². The maximum absolute atomic E-state index is 11.9. The van der Waals surface area contributed by atoms with Crippen molar-refractivity contribution >= 4 is 17.9 Å². The number of carboxylic acids is 1. The lowest BCUT2D eigenvalue weighted by Crippen LogP contribution is -2.55. The molecular formula is C11H21N3O4. The maximum Gasteiger partial charge on any atom is 0.326 e. The molecule has 104 valence electrons. The molecule has 0 heterocycles. The molecule has 0 aromatic heterocycles. The largest absolute Gasteiger partial charge is 0.480 e. The van der Waals surface area contributed by atoms with Crippen LogP contribution in [0, 0.1) is 11.8 Å². The first-order valence-corrected chi connectivity index (χ1v) is 5.76. The Morgan fingerprint density at radius 1 is 0.944 bits per heavy atom. The number of carbonyl (C=O) groups excluding carboxylic acids is 2. The fourth-order valence-electron chi connectivity index (χ4n) is 1.44. The van der Waals surface area contributed by atoms with Crippen LogP contribution in [0.15, 0.2) is 0 Å². The fraction of sp³-hybridized carbons (Fsp3) is 0.727. The van der Waals surface area contributed by atoms with E-state index in [0.717, 1.165) is 0 Å². The molecular weight excluding hydrogens is 238 g/mol. The number of urea groups is 1. The normalized spacial score (nSPS) is 14.1. The molecule has 3 amide bonds. The summed E-state index contributed by atoms with van der Waals surface area (Å²) in [6.07, 6.45) is 0. The summed E-state index contributed by atoms with van der Waals surface area (Å²) in [5, 5.41) is 13.7. The molecule has 7 nitrogen and oxygen atoms in total. The van der Waals surface area contributed by atoms with Crippen molar-refractivity contribution < 1.29 is 19.5 Å². The highest BCUT2D eigenvalue weighted by Crippen LogP contribution is 2.06. The summed E-state index contributed by atoms with van der Waals surface area (Å²) in [7, 11) is 0. The minimum absolute atomic E-state index is 0.195. The van der Waals surface area contributed by atoms with E-state index < -0.39 is 30.0 Å². The Hall–Kier alpha value is -1.79. The SMILES string of the molecule is CC(C)C(NC(=O)C(NC(N)=O)C(C)C)C(=O)O. The topological polar surface area (TPSA) is 122 Å². The second-order valence-electron chi connectivity index (χ2n) is 4.80. The number of carbonyl (C=O) groups is 3. The van der Waals surface area contributed by atoms with Crippen LogP contribution in [0.2, 0.25) is 0 Å². The molecule has 2 atom stereocenters. The Labute approximate surface area is 106 Å². The first-order chi connectivity index (χ1) is 8.16. The summed E-state index contributed by atoms with van der Waals surface area (Å²) in [5.74, 6) is -2.11. The molecule has 7 heteroatoms. The molecule has 0 saturated heterocycles. The summed E-state index contributed by atoms with van der Waals surface area (Å²) in [6, 6.07) is -2.66. The monoisotopic (exact) mass is 259 g/mol. The number of nitrogens with two attached hydrogens (primary N) is 1. The van der Waals surface area contributed by atoms with Gasteiger partial charge in [-0.25, -0.2) is 9.59 Å². The molecule has 0 aliphatic carbocycles. The first-order valence-electron chi connectivity index (χ1n) is 5.76. The van der Waals surface area contributed by atoms with E-state index in [1.165, 1.54) is 0 Å². The van der Waals surface area contributed by atoms with E-state index in [9.17, 15) is 14.4 Å². The zero-order valence-electron chi connectivity index (χ0n) is 11.1. The van der Waals surface area contributed by atoms with Gasteiger partial charge >= 0.3 is 12.0 Å². The minimum atomic E-state index is -1.11. The van der Waals surface area contributed by atoms with E-state index in [1.807, 2.05) is 0 Å². The van der Waals surface area contributed by atoms with Crippen LogP contribution in [0.3, 0.4) is 0 Å². The number of hydrogen-bond acceptors (Lipinski definition) is 3. The lowest BCUT2D eigenvalue weighted by molar-refractivity contribution is -0.143. The standard InChI is InChI=1S/C11H21N3O4/c1-5(2)7(14-11(12)18)9(15)13-8(6(3)4)10(16)17/h5-8H,1-4H3,(H,13,15)(H,16,17)(H3,12,14,18). The molecule has 18 heavy (non-hydrogen) atoms. The van der Waals surface area contributed by atoms with Gasteiger partial charge in [0.2, 0.25) is 5.91 Å². The Morgan fingerprint density at radius 2 is 1.39 bits per heavy atom. The van der Waals surface area contributed by atoms with Gasteiger partial charge in [0.15, 0.2) is 0 Å². The van der Waals surface area contributed by atoms with Crippen LogP contribution >= 0.6 is 0 Å². The van der Waals surface area contributed by atoms with Gasteiger partial charge in [-0.1, -0.05) is 27.7 Å². The van der Waals surface area contributed by atoms with E-state index in [4.69, 9.17) is 10.8 Å². The molecule has 0 aromatic carbocycles. The molecule has 0 aliphatic rings. The molecule has 0 saturated carbocycles. The molecule has 0 bridgehead atoms. The fourth-order valence-corrected chi connectivity index (χ4v) is 1.44. The molecule has 0 rings (SSSR count). The van der Waals surface area contributed by atoms with Crippen LogP contribution in [0.5, 0.6) is 0 Å². The van der Waals surface area contributed by atoms with Gasteiger partial charge in [0.05, 0.1) is 0 Å². The zero-order valence-corrected chi connectivity index (χ0v) is 11.1. The van der Waals surface area contributed by atoms with Gasteiger partial charge in [0.1, 0.15) is 12.1 Å². The number of primary amides is 1. The second-order valence-corrected chi connectivity index (χ2v) is 4.80. The van der Waals surface area contributed by atoms with Crippen molar-refractivity contribution in [3.8, 4) is 0 Å². The number of carboxylic acid groups (broad SMARTS) is 1. The quantitative estimate of drug-likeness (QED) is 0.532. The Kier molecular flexibility index (Phi) is 6.15. The van der Waals surface area contributed by atoms with Gasteiger partial charge in [-0.05, 0) is 11.8 Å². The van der Waals surface area contributed by atoms with Gasteiger partial charge < -0.3 is 21.5 Å². The van der Waals surface area contributed by atoms with Crippen LogP contribution in [-0.2, 0) is 9.59 Å². The average Bonchev–Trinajstić information content (AvgIpc) is 2.20. The highest BCUT2D eigenvalue weighted by atomic mass is 16.4. The number of aliphatic carboxylic acids is 1. The average molecular weight is 259 g/mol. The number of amides is 3. The predicted octanol–water partition coefficient (Wildman–Crippen LogP) is -0.0953. The highest BCUT2D eigenvalue weighted by molar-refractivity contribution is 5.90. The third-order valence-corrected chi connectivity index (χ3v) is 2.48. The smallest absolute Gasteiger partial charge is 0.326 e. The van der Waals surface area contributed by atoms with Crippen molar-refractivity contribution in [1.29, 1.82) is 0 Å². The van der Waals surface area contributed by atoms with Crippen molar-refractivity contribution in [3.63, 3.8) is 0 Å². The van der Waals surface area contributed by atoms with Crippen molar-refractivity contribution in [2.75, 3.05) is 0 Å². The molecule has 2 unspecified atom stereocenters. The van der Waals surface area contributed by atoms with Crippen molar-refractivity contribution in [3.05, 3.63) is 0 Å². The molecule has 0 aliphatic heterocycles. The number of nitrogens with one attached hydrogen (secondary N) is 2. The second kappa shape index (κ2) is 6.83. The molecule has 0 aromatic rings. The third kappa shape index (κ3) is 5.03. The lowest BCUT2D eigenvalue weighted by Gasteiger charge is -2.24. The van der Waals surface area contributed by atoms with Gasteiger partial charge in [-0.15, -0.1) is 0 Å². The maximum atomic E-state index is 11.9. The highest BCUT2D eigenvalue weighted by Gasteiger charge is 2.29. The van der Waals surface area contributed by atoms with Gasteiger partial charge in [0.25, 0.3) is 0 Å². The molecule has 0 fully saturated rings. The van der Waals surface area contributed by atoms with E-state index in [-0.39, 0.29) is 11.8 Å². The van der Waals surface area contributed by atoms with Crippen LogP contribution in [0.25, 0.3) is 0 Å². The first kappa shape index (κ1) is 16.2. The summed E-state index contributed by atoms with van der Waals surface area (Å²) < 4.78 is 0. The Morgan fingerprint density at radius 3 is 1.67 bits per heavy atom. The summed E-state index contributed by atoms with van der Waals surface area (Å²) >= 11 is 0. The Bertz CT molecular complexity index is 328. The molecule has 0 radical (unpaired) electrons. The van der Waals surface area contributed by atoms with Crippen molar-refractivity contribution in [2.45, 2.75) is 39.8 Å². The van der Waals surface area contributed by atoms with Crippen LogP contribution < -0.4 is 16.4 Å². The Balaban J connectivity index is 4.77. The van der Waals surface area contributed by atoms with E-state index in [2.05, 4.69) is 10.6 Å². The predicted molar refractivity (Wildman–Crippen MR) is 65.7 cm³/mol. The third-order valence-electron chi connectivity index (χ3n) is 2.48. The molecule has 5 N–H and O–H groups in total. The van der Waals surface area contributed by atoms with Gasteiger partial charge in [-0.2, -0.15) is 0 Å². The summed E-state index contributed by atoms with van der Waals surface area (Å²) in [6.45, 7) is 6.83.